The molecule has 0 spiro atoms. The first-order valence-electron chi connectivity index (χ1n) is 3.32. The van der Waals surface area contributed by atoms with Gasteiger partial charge in [-0.25, -0.2) is 4.98 Å². The van der Waals surface area contributed by atoms with Crippen molar-refractivity contribution in [3.8, 4) is 0 Å². The molecule has 0 fully saturated rings. The van der Waals surface area contributed by atoms with Crippen LogP contribution < -0.4 is 5.32 Å². The standard InChI is InChI=1S/C6H7ClN4O/c7-2-1-5(12)10-6-8-3-4-9-11-6/h3-4H,1-2H2,(H,8,10,11,12). The number of carbonyl (C=O) groups excluding carboxylic acids is 1. The van der Waals surface area contributed by atoms with Crippen molar-refractivity contribution in [3.63, 3.8) is 0 Å². The highest BCUT2D eigenvalue weighted by Crippen LogP contribution is 1.94. The third-order valence-corrected chi connectivity index (χ3v) is 1.24. The van der Waals surface area contributed by atoms with Gasteiger partial charge in [0.1, 0.15) is 0 Å². The SMILES string of the molecule is O=C(CCCl)Nc1nccnn1. The molecule has 0 aliphatic heterocycles. The minimum atomic E-state index is -0.210. The normalized spacial score (nSPS) is 9.42. The van der Waals surface area contributed by atoms with E-state index in [4.69, 9.17) is 11.6 Å². The van der Waals surface area contributed by atoms with Gasteiger partial charge in [0.2, 0.25) is 11.9 Å². The molecule has 0 unspecified atom stereocenters. The Morgan fingerprint density at radius 3 is 3.00 bits per heavy atom. The van der Waals surface area contributed by atoms with Crippen LogP contribution in [-0.4, -0.2) is 27.0 Å². The molecule has 64 valence electrons. The average Bonchev–Trinajstić information content (AvgIpc) is 2.06. The summed E-state index contributed by atoms with van der Waals surface area (Å²) in [6, 6.07) is 0. The fraction of sp³-hybridized carbons (Fsp3) is 0.333. The molecule has 0 aliphatic rings. The first kappa shape index (κ1) is 8.86. The molecule has 12 heavy (non-hydrogen) atoms. The number of anilines is 1. The third kappa shape index (κ3) is 2.79. The largest absolute Gasteiger partial charge is 0.293 e. The Bertz CT molecular complexity index is 253. The summed E-state index contributed by atoms with van der Waals surface area (Å²) in [5.41, 5.74) is 0. The van der Waals surface area contributed by atoms with Gasteiger partial charge >= 0.3 is 0 Å². The number of hydrogen-bond acceptors (Lipinski definition) is 4. The van der Waals surface area contributed by atoms with Crippen molar-refractivity contribution in [2.45, 2.75) is 6.42 Å². The fourth-order valence-electron chi connectivity index (χ4n) is 0.578. The van der Waals surface area contributed by atoms with Crippen molar-refractivity contribution in [1.29, 1.82) is 0 Å². The zero-order valence-electron chi connectivity index (χ0n) is 6.20. The Labute approximate surface area is 74.2 Å². The lowest BCUT2D eigenvalue weighted by molar-refractivity contribution is -0.115. The molecule has 0 saturated heterocycles. The van der Waals surface area contributed by atoms with Crippen LogP contribution in [0.5, 0.6) is 0 Å². The number of hydrogen-bond donors (Lipinski definition) is 1. The van der Waals surface area contributed by atoms with Gasteiger partial charge in [0.25, 0.3) is 0 Å². The predicted molar refractivity (Wildman–Crippen MR) is 43.8 cm³/mol. The Kier molecular flexibility index (Phi) is 3.40. The molecule has 1 aromatic rings. The lowest BCUT2D eigenvalue weighted by Gasteiger charge is -1.98. The van der Waals surface area contributed by atoms with E-state index in [1.807, 2.05) is 0 Å². The molecule has 1 aromatic heterocycles. The van der Waals surface area contributed by atoms with Crippen molar-refractivity contribution in [1.82, 2.24) is 15.2 Å². The topological polar surface area (TPSA) is 67.8 Å². The summed E-state index contributed by atoms with van der Waals surface area (Å²) < 4.78 is 0. The van der Waals surface area contributed by atoms with Crippen LogP contribution in [0.4, 0.5) is 5.95 Å². The van der Waals surface area contributed by atoms with Crippen LogP contribution in [0.25, 0.3) is 0 Å². The predicted octanol–water partition coefficient (Wildman–Crippen LogP) is 0.439. The van der Waals surface area contributed by atoms with Gasteiger partial charge in [-0.1, -0.05) is 0 Å². The molecule has 6 heteroatoms. The Morgan fingerprint density at radius 1 is 1.58 bits per heavy atom. The van der Waals surface area contributed by atoms with Crippen molar-refractivity contribution < 1.29 is 4.79 Å². The van der Waals surface area contributed by atoms with E-state index in [0.717, 1.165) is 0 Å². The quantitative estimate of drug-likeness (QED) is 0.696. The molecule has 5 nitrogen and oxygen atoms in total. The maximum Gasteiger partial charge on any atom is 0.249 e. The van der Waals surface area contributed by atoms with Gasteiger partial charge in [-0.3, -0.25) is 10.1 Å². The van der Waals surface area contributed by atoms with E-state index >= 15 is 0 Å². The highest BCUT2D eigenvalue weighted by molar-refractivity contribution is 6.19. The van der Waals surface area contributed by atoms with Crippen LogP contribution in [0.15, 0.2) is 12.4 Å². The van der Waals surface area contributed by atoms with E-state index in [0.29, 0.717) is 0 Å². The maximum atomic E-state index is 10.9. The maximum absolute atomic E-state index is 10.9. The second-order valence-corrected chi connectivity index (χ2v) is 2.33. The van der Waals surface area contributed by atoms with Crippen LogP contribution in [-0.2, 0) is 4.79 Å². The summed E-state index contributed by atoms with van der Waals surface area (Å²) >= 11 is 5.35. The fourth-order valence-corrected chi connectivity index (χ4v) is 0.750. The summed E-state index contributed by atoms with van der Waals surface area (Å²) in [6.07, 6.45) is 3.13. The molecule has 0 aliphatic carbocycles. The number of halogens is 1. The van der Waals surface area contributed by atoms with E-state index in [1.165, 1.54) is 12.4 Å². The summed E-state index contributed by atoms with van der Waals surface area (Å²) in [6.45, 7) is 0. The first-order chi connectivity index (χ1) is 5.83. The number of amides is 1. The van der Waals surface area contributed by atoms with Crippen molar-refractivity contribution in [2.24, 2.45) is 0 Å². The first-order valence-corrected chi connectivity index (χ1v) is 3.86. The molecular weight excluding hydrogens is 180 g/mol. The Morgan fingerprint density at radius 2 is 2.42 bits per heavy atom. The van der Waals surface area contributed by atoms with E-state index < -0.39 is 0 Å². The molecular formula is C6H7ClN4O. The van der Waals surface area contributed by atoms with Gasteiger partial charge in [-0.15, -0.1) is 16.7 Å². The van der Waals surface area contributed by atoms with Gasteiger partial charge in [0.05, 0.1) is 12.4 Å². The molecule has 0 aromatic carbocycles. The number of nitrogens with one attached hydrogen (secondary N) is 1. The second-order valence-electron chi connectivity index (χ2n) is 1.95. The molecule has 1 rings (SSSR count). The van der Waals surface area contributed by atoms with E-state index in [1.54, 1.807) is 0 Å². The zero-order chi connectivity index (χ0) is 8.81. The molecule has 0 saturated carbocycles. The summed E-state index contributed by atoms with van der Waals surface area (Å²) in [5.74, 6) is 0.275. The van der Waals surface area contributed by atoms with Crippen LogP contribution >= 0.6 is 11.6 Å². The third-order valence-electron chi connectivity index (χ3n) is 1.06. The number of aromatic nitrogens is 3. The Hall–Kier alpha value is -1.23. The number of carbonyl (C=O) groups is 1. The lowest BCUT2D eigenvalue weighted by atomic mass is 10.4. The molecule has 0 atom stereocenters. The minimum absolute atomic E-state index is 0.201. The monoisotopic (exact) mass is 186 g/mol. The van der Waals surface area contributed by atoms with Crippen LogP contribution in [0.3, 0.4) is 0 Å². The second kappa shape index (κ2) is 4.61. The van der Waals surface area contributed by atoms with Crippen LogP contribution in [0.1, 0.15) is 6.42 Å². The average molecular weight is 187 g/mol. The van der Waals surface area contributed by atoms with Crippen molar-refractivity contribution in [2.75, 3.05) is 11.2 Å². The minimum Gasteiger partial charge on any atom is -0.293 e. The van der Waals surface area contributed by atoms with E-state index in [2.05, 4.69) is 20.5 Å². The summed E-state index contributed by atoms with van der Waals surface area (Å²) in [7, 11) is 0. The van der Waals surface area contributed by atoms with Gasteiger partial charge in [-0.2, -0.15) is 5.10 Å². The van der Waals surface area contributed by atoms with Crippen molar-refractivity contribution in [3.05, 3.63) is 12.4 Å². The number of rotatable bonds is 3. The van der Waals surface area contributed by atoms with E-state index in [9.17, 15) is 4.79 Å². The van der Waals surface area contributed by atoms with Gasteiger partial charge in [-0.05, 0) is 0 Å². The van der Waals surface area contributed by atoms with Crippen LogP contribution in [0.2, 0.25) is 0 Å². The highest BCUT2D eigenvalue weighted by atomic mass is 35.5. The Balaban J connectivity index is 2.47. The molecule has 0 bridgehead atoms. The highest BCUT2D eigenvalue weighted by Gasteiger charge is 2.01. The molecule has 1 amide bonds. The summed E-state index contributed by atoms with van der Waals surface area (Å²) in [5, 5.41) is 9.54. The summed E-state index contributed by atoms with van der Waals surface area (Å²) in [4.78, 5) is 14.7. The van der Waals surface area contributed by atoms with Crippen LogP contribution in [0, 0.1) is 0 Å². The van der Waals surface area contributed by atoms with Gasteiger partial charge in [0, 0.05) is 12.3 Å². The van der Waals surface area contributed by atoms with Gasteiger partial charge < -0.3 is 0 Å². The van der Waals surface area contributed by atoms with E-state index in [-0.39, 0.29) is 24.2 Å². The number of nitrogens with zero attached hydrogens (tertiary/aromatic N) is 3. The number of alkyl halides is 1. The lowest BCUT2D eigenvalue weighted by Crippen LogP contribution is -2.14. The van der Waals surface area contributed by atoms with Gasteiger partial charge in [0.15, 0.2) is 0 Å². The van der Waals surface area contributed by atoms with Crippen molar-refractivity contribution >= 4 is 23.5 Å². The smallest absolute Gasteiger partial charge is 0.249 e. The molecule has 1 heterocycles. The zero-order valence-corrected chi connectivity index (χ0v) is 6.95. The molecule has 1 N–H and O–H groups in total. The molecule has 0 radical (unpaired) electrons.